The van der Waals surface area contributed by atoms with E-state index in [9.17, 15) is 9.90 Å². The van der Waals surface area contributed by atoms with Crippen LogP contribution in [-0.2, 0) is 19.6 Å². The molecular weight excluding hydrogens is 412 g/mol. The minimum Gasteiger partial charge on any atom is -0.489 e. The molecule has 0 fully saturated rings. The van der Waals surface area contributed by atoms with Crippen LogP contribution in [-0.4, -0.2) is 20.6 Å². The van der Waals surface area contributed by atoms with E-state index in [0.717, 1.165) is 46.7 Å². The molecule has 170 valence electrons. The molecule has 0 radical (unpaired) electrons. The summed E-state index contributed by atoms with van der Waals surface area (Å²) in [6, 6.07) is 16.0. The summed E-state index contributed by atoms with van der Waals surface area (Å²) in [5.41, 5.74) is 8.92. The second-order valence-electron chi connectivity index (χ2n) is 8.69. The largest absolute Gasteiger partial charge is 0.489 e. The van der Waals surface area contributed by atoms with E-state index in [0.29, 0.717) is 12.2 Å². The highest BCUT2D eigenvalue weighted by Crippen LogP contribution is 2.25. The van der Waals surface area contributed by atoms with Crippen LogP contribution in [0.15, 0.2) is 48.5 Å². The molecule has 4 rings (SSSR count). The number of aromatic carboxylic acids is 1. The van der Waals surface area contributed by atoms with E-state index in [1.165, 1.54) is 22.2 Å². The normalized spacial score (nSPS) is 11.2. The van der Waals surface area contributed by atoms with Crippen molar-refractivity contribution in [1.29, 1.82) is 0 Å². The standard InChI is InChI=1S/C28H30N2O3/c1-6-26-29-25-14-17(2)13-19(4)27(25)30(26)15-21-8-10-22(11-9-21)33-16-24-18(3)7-12-23(20(24)5)28(31)32/h7-14H,6,15-16H2,1-5H3,(H,31,32). The zero-order chi connectivity index (χ0) is 23.7. The van der Waals surface area contributed by atoms with Crippen molar-refractivity contribution in [3.8, 4) is 5.75 Å². The van der Waals surface area contributed by atoms with Gasteiger partial charge in [-0.3, -0.25) is 0 Å². The number of hydrogen-bond donors (Lipinski definition) is 1. The number of carboxylic acid groups (broad SMARTS) is 1. The molecule has 33 heavy (non-hydrogen) atoms. The van der Waals surface area contributed by atoms with E-state index in [-0.39, 0.29) is 0 Å². The summed E-state index contributed by atoms with van der Waals surface area (Å²) in [7, 11) is 0. The van der Waals surface area contributed by atoms with Gasteiger partial charge in [-0.25, -0.2) is 9.78 Å². The lowest BCUT2D eigenvalue weighted by atomic mass is 9.98. The van der Waals surface area contributed by atoms with E-state index in [1.807, 2.05) is 32.0 Å². The SMILES string of the molecule is CCc1nc2cc(C)cc(C)c2n1Cc1ccc(OCc2c(C)ccc(C(=O)O)c2C)cc1. The fraction of sp³-hybridized carbons (Fsp3) is 0.286. The van der Waals surface area contributed by atoms with E-state index >= 15 is 0 Å². The van der Waals surface area contributed by atoms with Gasteiger partial charge in [-0.1, -0.05) is 31.2 Å². The summed E-state index contributed by atoms with van der Waals surface area (Å²) in [5.74, 6) is 0.932. The molecule has 3 aromatic carbocycles. The molecule has 1 N–H and O–H groups in total. The third kappa shape index (κ3) is 4.49. The third-order valence-corrected chi connectivity index (χ3v) is 6.28. The van der Waals surface area contributed by atoms with Crippen LogP contribution < -0.4 is 4.74 Å². The Bertz CT molecular complexity index is 1330. The summed E-state index contributed by atoms with van der Waals surface area (Å²) in [4.78, 5) is 16.3. The Labute approximate surface area is 194 Å². The Balaban J connectivity index is 1.54. The molecule has 0 atom stereocenters. The second-order valence-corrected chi connectivity index (χ2v) is 8.69. The van der Waals surface area contributed by atoms with Crippen LogP contribution in [0.4, 0.5) is 0 Å². The first-order chi connectivity index (χ1) is 15.8. The minimum absolute atomic E-state index is 0.319. The number of fused-ring (bicyclic) bond motifs is 1. The number of carbonyl (C=O) groups is 1. The van der Waals surface area contributed by atoms with Gasteiger partial charge in [-0.05, 0) is 85.3 Å². The molecule has 1 heterocycles. The molecule has 0 saturated carbocycles. The van der Waals surface area contributed by atoms with Crippen LogP contribution in [0.5, 0.6) is 5.75 Å². The predicted molar refractivity (Wildman–Crippen MR) is 131 cm³/mol. The molecule has 0 aliphatic heterocycles. The van der Waals surface area contributed by atoms with Gasteiger partial charge in [-0.15, -0.1) is 0 Å². The lowest BCUT2D eigenvalue weighted by Gasteiger charge is -2.14. The highest BCUT2D eigenvalue weighted by atomic mass is 16.5. The minimum atomic E-state index is -0.915. The van der Waals surface area contributed by atoms with E-state index in [2.05, 4.69) is 49.6 Å². The first-order valence-electron chi connectivity index (χ1n) is 11.3. The Morgan fingerprint density at radius 2 is 1.73 bits per heavy atom. The zero-order valence-corrected chi connectivity index (χ0v) is 19.9. The van der Waals surface area contributed by atoms with Crippen molar-refractivity contribution < 1.29 is 14.6 Å². The lowest BCUT2D eigenvalue weighted by molar-refractivity contribution is 0.0696. The Kier molecular flexibility index (Phi) is 6.23. The average Bonchev–Trinajstić information content (AvgIpc) is 3.11. The Hall–Kier alpha value is -3.60. The molecule has 0 bridgehead atoms. The van der Waals surface area contributed by atoms with Crippen molar-refractivity contribution in [3.05, 3.63) is 93.3 Å². The molecule has 0 unspecified atom stereocenters. The monoisotopic (exact) mass is 442 g/mol. The number of ether oxygens (including phenoxy) is 1. The van der Waals surface area contributed by atoms with Gasteiger partial charge >= 0.3 is 5.97 Å². The number of hydrogen-bond acceptors (Lipinski definition) is 3. The molecule has 0 spiro atoms. The van der Waals surface area contributed by atoms with Crippen LogP contribution in [0.2, 0.25) is 0 Å². The molecule has 0 aliphatic rings. The zero-order valence-electron chi connectivity index (χ0n) is 19.9. The number of aryl methyl sites for hydroxylation is 4. The van der Waals surface area contributed by atoms with Gasteiger partial charge in [0.05, 0.1) is 16.6 Å². The molecule has 1 aromatic heterocycles. The quantitative estimate of drug-likeness (QED) is 0.372. The highest BCUT2D eigenvalue weighted by Gasteiger charge is 2.14. The summed E-state index contributed by atoms with van der Waals surface area (Å²) in [5, 5.41) is 9.39. The van der Waals surface area contributed by atoms with Gasteiger partial charge in [0.25, 0.3) is 0 Å². The van der Waals surface area contributed by atoms with E-state index in [4.69, 9.17) is 9.72 Å². The van der Waals surface area contributed by atoms with Gasteiger partial charge < -0.3 is 14.4 Å². The third-order valence-electron chi connectivity index (χ3n) is 6.28. The first kappa shape index (κ1) is 22.6. The van der Waals surface area contributed by atoms with Crippen molar-refractivity contribution >= 4 is 17.0 Å². The van der Waals surface area contributed by atoms with Crippen molar-refractivity contribution in [2.75, 3.05) is 0 Å². The molecule has 0 amide bonds. The van der Waals surface area contributed by atoms with Gasteiger partial charge in [0.2, 0.25) is 0 Å². The van der Waals surface area contributed by atoms with Crippen molar-refractivity contribution in [1.82, 2.24) is 9.55 Å². The van der Waals surface area contributed by atoms with E-state index in [1.54, 1.807) is 6.07 Å². The first-order valence-corrected chi connectivity index (χ1v) is 11.3. The maximum atomic E-state index is 11.4. The number of nitrogens with zero attached hydrogens (tertiary/aromatic N) is 2. The van der Waals surface area contributed by atoms with Gasteiger partial charge in [0.15, 0.2) is 0 Å². The molecule has 5 heteroatoms. The predicted octanol–water partition coefficient (Wildman–Crippen LogP) is 6.16. The fourth-order valence-electron chi connectivity index (χ4n) is 4.52. The van der Waals surface area contributed by atoms with E-state index < -0.39 is 5.97 Å². The summed E-state index contributed by atoms with van der Waals surface area (Å²) < 4.78 is 8.32. The molecule has 0 aliphatic carbocycles. The second kappa shape index (κ2) is 9.10. The summed E-state index contributed by atoms with van der Waals surface area (Å²) >= 11 is 0. The number of rotatable bonds is 7. The molecule has 5 nitrogen and oxygen atoms in total. The maximum absolute atomic E-state index is 11.4. The summed E-state index contributed by atoms with van der Waals surface area (Å²) in [6.07, 6.45) is 0.877. The van der Waals surface area contributed by atoms with Crippen molar-refractivity contribution in [2.45, 2.75) is 54.2 Å². The van der Waals surface area contributed by atoms with Crippen LogP contribution in [0.25, 0.3) is 11.0 Å². The van der Waals surface area contributed by atoms with Crippen LogP contribution in [0.3, 0.4) is 0 Å². The number of aromatic nitrogens is 2. The average molecular weight is 443 g/mol. The van der Waals surface area contributed by atoms with Crippen LogP contribution >= 0.6 is 0 Å². The van der Waals surface area contributed by atoms with Crippen LogP contribution in [0, 0.1) is 27.7 Å². The number of benzene rings is 3. The van der Waals surface area contributed by atoms with Gasteiger partial charge in [0.1, 0.15) is 18.2 Å². The Morgan fingerprint density at radius 1 is 1.00 bits per heavy atom. The maximum Gasteiger partial charge on any atom is 0.335 e. The topological polar surface area (TPSA) is 64.4 Å². The van der Waals surface area contributed by atoms with Crippen molar-refractivity contribution in [3.63, 3.8) is 0 Å². The smallest absolute Gasteiger partial charge is 0.335 e. The molecule has 4 aromatic rings. The Morgan fingerprint density at radius 3 is 2.39 bits per heavy atom. The van der Waals surface area contributed by atoms with Gasteiger partial charge in [-0.2, -0.15) is 0 Å². The van der Waals surface area contributed by atoms with Crippen LogP contribution in [0.1, 0.15) is 56.5 Å². The number of carboxylic acids is 1. The summed E-state index contributed by atoms with van der Waals surface area (Å²) in [6.45, 7) is 11.3. The fourth-order valence-corrected chi connectivity index (χ4v) is 4.52. The molecular formula is C28H30N2O3. The molecule has 0 saturated heterocycles. The lowest BCUT2D eigenvalue weighted by Crippen LogP contribution is -2.07. The number of imidazole rings is 1. The van der Waals surface area contributed by atoms with Crippen molar-refractivity contribution in [2.24, 2.45) is 0 Å². The highest BCUT2D eigenvalue weighted by molar-refractivity contribution is 5.89. The van der Waals surface area contributed by atoms with Gasteiger partial charge in [0, 0.05) is 13.0 Å².